The van der Waals surface area contributed by atoms with Gasteiger partial charge in [0.25, 0.3) is 5.72 Å². The maximum Gasteiger partial charge on any atom is 0.439 e. The summed E-state index contributed by atoms with van der Waals surface area (Å²) in [5.74, 6) is -1.92. The Balaban J connectivity index is 1.83. The first-order valence-corrected chi connectivity index (χ1v) is 8.47. The van der Waals surface area contributed by atoms with Crippen LogP contribution in [-0.4, -0.2) is 33.6 Å². The minimum Gasteiger partial charge on any atom is -0.362 e. The average Bonchev–Trinajstić information content (AvgIpc) is 2.87. The molecule has 1 N–H and O–H groups in total. The third-order valence-corrected chi connectivity index (χ3v) is 5.09. The molecule has 1 aliphatic carbocycles. The van der Waals surface area contributed by atoms with E-state index < -0.39 is 23.7 Å². The van der Waals surface area contributed by atoms with E-state index in [4.69, 9.17) is 0 Å². The molecule has 0 aromatic heterocycles. The van der Waals surface area contributed by atoms with Crippen LogP contribution in [0.3, 0.4) is 0 Å². The van der Waals surface area contributed by atoms with Gasteiger partial charge in [0.05, 0.1) is 5.92 Å². The van der Waals surface area contributed by atoms with Crippen LogP contribution in [-0.2, 0) is 11.2 Å². The van der Waals surface area contributed by atoms with E-state index in [2.05, 4.69) is 5.10 Å². The predicted molar refractivity (Wildman–Crippen MR) is 86.6 cm³/mol. The molecule has 2 aliphatic rings. The molecule has 4 nitrogen and oxygen atoms in total. The van der Waals surface area contributed by atoms with Gasteiger partial charge in [-0.05, 0) is 37.2 Å². The quantitative estimate of drug-likeness (QED) is 0.903. The lowest BCUT2D eigenvalue weighted by molar-refractivity contribution is -0.317. The number of carbonyl (C=O) groups excluding carboxylic acids is 1. The minimum absolute atomic E-state index is 0.0530. The molecule has 0 saturated heterocycles. The van der Waals surface area contributed by atoms with Crippen LogP contribution in [0.5, 0.6) is 0 Å². The maximum absolute atomic E-state index is 13.7. The fourth-order valence-corrected chi connectivity index (χ4v) is 3.66. The maximum atomic E-state index is 13.7. The van der Waals surface area contributed by atoms with Crippen LogP contribution in [0.15, 0.2) is 35.4 Å². The summed E-state index contributed by atoms with van der Waals surface area (Å²) >= 11 is 0. The Morgan fingerprint density at radius 3 is 2.68 bits per heavy atom. The van der Waals surface area contributed by atoms with Gasteiger partial charge in [-0.2, -0.15) is 23.3 Å². The van der Waals surface area contributed by atoms with Gasteiger partial charge in [-0.1, -0.05) is 37.3 Å². The highest BCUT2D eigenvalue weighted by Gasteiger charge is 2.68. The standard InChI is InChI=1S/C18H21F3N2O2/c1-12-7-9-15-14(11-12)17(25,18(19,20)21)23(22-15)16(24)10-8-13-5-3-2-4-6-13/h2-6,12,14,25H,7-11H2,1H3/t12-,14+,17-/m1/s1. The molecule has 1 amide bonds. The van der Waals surface area contributed by atoms with Gasteiger partial charge < -0.3 is 5.11 Å². The highest BCUT2D eigenvalue weighted by Crippen LogP contribution is 2.49. The molecule has 7 heteroatoms. The minimum atomic E-state index is -4.96. The number of alkyl halides is 3. The highest BCUT2D eigenvalue weighted by molar-refractivity contribution is 5.93. The first-order valence-electron chi connectivity index (χ1n) is 8.47. The molecule has 1 aliphatic heterocycles. The average molecular weight is 354 g/mol. The number of rotatable bonds is 3. The van der Waals surface area contributed by atoms with Gasteiger partial charge in [-0.15, -0.1) is 0 Å². The summed E-state index contributed by atoms with van der Waals surface area (Å²) in [5.41, 5.74) is -2.10. The van der Waals surface area contributed by atoms with Crippen molar-refractivity contribution in [3.8, 4) is 0 Å². The first-order chi connectivity index (χ1) is 11.7. The van der Waals surface area contributed by atoms with Crippen molar-refractivity contribution in [1.82, 2.24) is 5.01 Å². The molecule has 25 heavy (non-hydrogen) atoms. The fourth-order valence-electron chi connectivity index (χ4n) is 3.66. The second-order valence-electron chi connectivity index (χ2n) is 6.94. The van der Waals surface area contributed by atoms with E-state index in [0.717, 1.165) is 12.0 Å². The summed E-state index contributed by atoms with van der Waals surface area (Å²) in [7, 11) is 0. The number of nitrogens with zero attached hydrogens (tertiary/aromatic N) is 2. The Labute approximate surface area is 144 Å². The number of carbonyl (C=O) groups is 1. The molecule has 1 aromatic rings. The number of hydrogen-bond acceptors (Lipinski definition) is 3. The largest absolute Gasteiger partial charge is 0.439 e. The third kappa shape index (κ3) is 3.17. The molecule has 1 aromatic carbocycles. The zero-order valence-electron chi connectivity index (χ0n) is 14.0. The lowest BCUT2D eigenvalue weighted by atomic mass is 9.76. The molecule has 0 radical (unpaired) electrons. The van der Waals surface area contributed by atoms with Crippen molar-refractivity contribution in [2.45, 2.75) is 50.9 Å². The van der Waals surface area contributed by atoms with Crippen molar-refractivity contribution in [2.24, 2.45) is 16.9 Å². The number of aliphatic hydroxyl groups is 1. The Kier molecular flexibility index (Phi) is 4.62. The number of benzene rings is 1. The van der Waals surface area contributed by atoms with Crippen molar-refractivity contribution >= 4 is 11.6 Å². The first kappa shape index (κ1) is 17.9. The SMILES string of the molecule is C[C@@H]1CCC2=NN(C(=O)CCc3ccccc3)[C@](O)(C(F)(F)F)[C@H]2C1. The van der Waals surface area contributed by atoms with Crippen LogP contribution < -0.4 is 0 Å². The van der Waals surface area contributed by atoms with Gasteiger partial charge in [0, 0.05) is 12.1 Å². The monoisotopic (exact) mass is 354 g/mol. The van der Waals surface area contributed by atoms with Gasteiger partial charge in [0.15, 0.2) is 0 Å². The van der Waals surface area contributed by atoms with Gasteiger partial charge in [-0.3, -0.25) is 4.79 Å². The summed E-state index contributed by atoms with van der Waals surface area (Å²) in [5, 5.41) is 14.7. The number of hydrazone groups is 1. The summed E-state index contributed by atoms with van der Waals surface area (Å²) in [6.07, 6.45) is -3.51. The van der Waals surface area contributed by atoms with Crippen LogP contribution in [0.2, 0.25) is 0 Å². The van der Waals surface area contributed by atoms with Crippen molar-refractivity contribution in [3.05, 3.63) is 35.9 Å². The highest BCUT2D eigenvalue weighted by atomic mass is 19.4. The van der Waals surface area contributed by atoms with E-state index in [1.54, 1.807) is 24.3 Å². The van der Waals surface area contributed by atoms with Crippen molar-refractivity contribution in [1.29, 1.82) is 0 Å². The van der Waals surface area contributed by atoms with Gasteiger partial charge in [0.2, 0.25) is 5.91 Å². The van der Waals surface area contributed by atoms with E-state index in [1.807, 2.05) is 13.0 Å². The second kappa shape index (κ2) is 6.44. The molecule has 3 rings (SSSR count). The molecule has 0 spiro atoms. The fraction of sp³-hybridized carbons (Fsp3) is 0.556. The van der Waals surface area contributed by atoms with E-state index >= 15 is 0 Å². The van der Waals surface area contributed by atoms with Crippen LogP contribution in [0.1, 0.15) is 38.2 Å². The van der Waals surface area contributed by atoms with E-state index in [-0.39, 0.29) is 24.5 Å². The van der Waals surface area contributed by atoms with Crippen LogP contribution >= 0.6 is 0 Å². The lowest BCUT2D eigenvalue weighted by Gasteiger charge is -2.39. The van der Waals surface area contributed by atoms with E-state index in [1.165, 1.54) is 0 Å². The Morgan fingerprint density at radius 2 is 2.04 bits per heavy atom. The number of aryl methyl sites for hydroxylation is 1. The second-order valence-corrected chi connectivity index (χ2v) is 6.94. The molecule has 1 heterocycles. The van der Waals surface area contributed by atoms with Gasteiger partial charge in [0.1, 0.15) is 0 Å². The topological polar surface area (TPSA) is 52.9 Å². The molecule has 3 atom stereocenters. The Bertz CT molecular complexity index is 675. The molecule has 0 unspecified atom stereocenters. The predicted octanol–water partition coefficient (Wildman–Crippen LogP) is 3.50. The molecule has 1 fully saturated rings. The zero-order valence-corrected chi connectivity index (χ0v) is 14.0. The summed E-state index contributed by atoms with van der Waals surface area (Å²) in [6, 6.07) is 9.04. The molecule has 0 bridgehead atoms. The smallest absolute Gasteiger partial charge is 0.362 e. The van der Waals surface area contributed by atoms with Crippen LogP contribution in [0, 0.1) is 11.8 Å². The normalized spacial score (nSPS) is 29.3. The lowest BCUT2D eigenvalue weighted by Crippen LogP contribution is -2.61. The number of halogens is 3. The number of amides is 1. The van der Waals surface area contributed by atoms with Crippen molar-refractivity contribution in [3.63, 3.8) is 0 Å². The van der Waals surface area contributed by atoms with Crippen molar-refractivity contribution in [2.75, 3.05) is 0 Å². The van der Waals surface area contributed by atoms with Crippen LogP contribution in [0.25, 0.3) is 0 Å². The summed E-state index contributed by atoms with van der Waals surface area (Å²) in [6.45, 7) is 1.85. The van der Waals surface area contributed by atoms with Gasteiger partial charge in [-0.25, -0.2) is 0 Å². The molecule has 136 valence electrons. The van der Waals surface area contributed by atoms with Crippen molar-refractivity contribution < 1.29 is 23.1 Å². The Hall–Kier alpha value is -1.89. The molecule has 1 saturated carbocycles. The summed E-state index contributed by atoms with van der Waals surface area (Å²) < 4.78 is 41.1. The van der Waals surface area contributed by atoms with E-state index in [9.17, 15) is 23.1 Å². The molecular weight excluding hydrogens is 333 g/mol. The zero-order chi connectivity index (χ0) is 18.2. The Morgan fingerprint density at radius 1 is 1.36 bits per heavy atom. The third-order valence-electron chi connectivity index (χ3n) is 5.09. The van der Waals surface area contributed by atoms with E-state index in [0.29, 0.717) is 17.9 Å². The van der Waals surface area contributed by atoms with Crippen LogP contribution in [0.4, 0.5) is 13.2 Å². The molecular formula is C18H21F3N2O2. The summed E-state index contributed by atoms with van der Waals surface area (Å²) in [4.78, 5) is 12.5. The van der Waals surface area contributed by atoms with Gasteiger partial charge >= 0.3 is 6.18 Å². The number of fused-ring (bicyclic) bond motifs is 1. The number of hydrogen-bond donors (Lipinski definition) is 1.